The lowest BCUT2D eigenvalue weighted by molar-refractivity contribution is 0.0698. The molecule has 1 saturated heterocycles. The van der Waals surface area contributed by atoms with Gasteiger partial charge in [-0.3, -0.25) is 0 Å². The quantitative estimate of drug-likeness (QED) is 0.866. The molecule has 23 heavy (non-hydrogen) atoms. The number of halogens is 1. The van der Waals surface area contributed by atoms with Crippen LogP contribution in [0.5, 0.6) is 5.75 Å². The van der Waals surface area contributed by atoms with E-state index in [1.54, 1.807) is 11.8 Å². The summed E-state index contributed by atoms with van der Waals surface area (Å²) in [6.07, 6.45) is 0.941. The van der Waals surface area contributed by atoms with Crippen molar-refractivity contribution in [3.63, 3.8) is 0 Å². The SMILES string of the molecule is COc1cc(-c2onc(NC3CCSC3)c2C(=O)O)ccc1F. The number of anilines is 1. The van der Waals surface area contributed by atoms with Crippen LogP contribution in [-0.4, -0.2) is 40.9 Å². The molecule has 2 aromatic rings. The first kappa shape index (κ1) is 15.7. The molecule has 1 aromatic carbocycles. The number of nitrogens with one attached hydrogen (secondary N) is 1. The van der Waals surface area contributed by atoms with Crippen LogP contribution in [0.15, 0.2) is 22.7 Å². The molecule has 1 aliphatic heterocycles. The highest BCUT2D eigenvalue weighted by Crippen LogP contribution is 2.33. The second kappa shape index (κ2) is 6.49. The van der Waals surface area contributed by atoms with E-state index in [2.05, 4.69) is 10.5 Å². The Labute approximate surface area is 136 Å². The minimum Gasteiger partial charge on any atom is -0.494 e. The number of carboxylic acid groups (broad SMARTS) is 1. The highest BCUT2D eigenvalue weighted by atomic mass is 32.2. The first-order valence-corrected chi connectivity index (χ1v) is 8.16. The molecular formula is C15H15FN2O4S. The number of rotatable bonds is 5. The Morgan fingerprint density at radius 2 is 2.39 bits per heavy atom. The van der Waals surface area contributed by atoms with Crippen molar-refractivity contribution in [1.29, 1.82) is 0 Å². The maximum absolute atomic E-state index is 13.5. The van der Waals surface area contributed by atoms with Crippen LogP contribution in [0.4, 0.5) is 10.2 Å². The molecule has 1 fully saturated rings. The first-order valence-electron chi connectivity index (χ1n) is 7.01. The third kappa shape index (κ3) is 3.12. The number of aromatic carboxylic acids is 1. The van der Waals surface area contributed by atoms with Crippen molar-refractivity contribution in [2.45, 2.75) is 12.5 Å². The van der Waals surface area contributed by atoms with Gasteiger partial charge in [0.05, 0.1) is 7.11 Å². The number of thioether (sulfide) groups is 1. The Morgan fingerprint density at radius 3 is 3.04 bits per heavy atom. The van der Waals surface area contributed by atoms with Crippen molar-refractivity contribution in [1.82, 2.24) is 5.16 Å². The molecule has 1 atom stereocenters. The third-order valence-electron chi connectivity index (χ3n) is 3.59. The van der Waals surface area contributed by atoms with Crippen LogP contribution < -0.4 is 10.1 Å². The predicted molar refractivity (Wildman–Crippen MR) is 84.8 cm³/mol. The number of methoxy groups -OCH3 is 1. The Hall–Kier alpha value is -2.22. The second-order valence-electron chi connectivity index (χ2n) is 5.09. The molecule has 1 unspecified atom stereocenters. The van der Waals surface area contributed by atoms with Crippen molar-refractivity contribution in [2.75, 3.05) is 23.9 Å². The van der Waals surface area contributed by atoms with Crippen LogP contribution in [-0.2, 0) is 0 Å². The fraction of sp³-hybridized carbons (Fsp3) is 0.333. The average molecular weight is 338 g/mol. The monoisotopic (exact) mass is 338 g/mol. The molecule has 0 aliphatic carbocycles. The van der Waals surface area contributed by atoms with Crippen molar-refractivity contribution >= 4 is 23.5 Å². The number of hydrogen-bond acceptors (Lipinski definition) is 6. The van der Waals surface area contributed by atoms with Gasteiger partial charge in [-0.2, -0.15) is 11.8 Å². The third-order valence-corrected chi connectivity index (χ3v) is 4.75. The van der Waals surface area contributed by atoms with Crippen LogP contribution in [0.25, 0.3) is 11.3 Å². The summed E-state index contributed by atoms with van der Waals surface area (Å²) in [5.74, 6) is 0.516. The van der Waals surface area contributed by atoms with Crippen LogP contribution in [0, 0.1) is 5.82 Å². The Kier molecular flexibility index (Phi) is 4.42. The summed E-state index contributed by atoms with van der Waals surface area (Å²) in [4.78, 5) is 11.6. The predicted octanol–water partition coefficient (Wildman–Crippen LogP) is 3.10. The van der Waals surface area contributed by atoms with Gasteiger partial charge in [0.1, 0.15) is 0 Å². The molecule has 6 nitrogen and oxygen atoms in total. The molecule has 122 valence electrons. The van der Waals surface area contributed by atoms with E-state index in [1.807, 2.05) is 0 Å². The van der Waals surface area contributed by atoms with Crippen LogP contribution >= 0.6 is 11.8 Å². The molecule has 0 bridgehead atoms. The lowest BCUT2D eigenvalue weighted by atomic mass is 10.1. The van der Waals surface area contributed by atoms with Crippen molar-refractivity contribution in [3.8, 4) is 17.1 Å². The zero-order valence-electron chi connectivity index (χ0n) is 12.3. The highest BCUT2D eigenvalue weighted by molar-refractivity contribution is 7.99. The Morgan fingerprint density at radius 1 is 1.57 bits per heavy atom. The van der Waals surface area contributed by atoms with E-state index < -0.39 is 11.8 Å². The lowest BCUT2D eigenvalue weighted by Crippen LogP contribution is -2.20. The summed E-state index contributed by atoms with van der Waals surface area (Å²) < 4.78 is 23.7. The van der Waals surface area contributed by atoms with E-state index in [1.165, 1.54) is 25.3 Å². The molecule has 0 saturated carbocycles. The van der Waals surface area contributed by atoms with E-state index in [0.29, 0.717) is 5.56 Å². The molecule has 8 heteroatoms. The topological polar surface area (TPSA) is 84.6 Å². The van der Waals surface area contributed by atoms with Crippen LogP contribution in [0.3, 0.4) is 0 Å². The van der Waals surface area contributed by atoms with Crippen LogP contribution in [0.1, 0.15) is 16.8 Å². The minimum atomic E-state index is -1.15. The summed E-state index contributed by atoms with van der Waals surface area (Å²) in [6, 6.07) is 4.18. The van der Waals surface area contributed by atoms with Gasteiger partial charge in [0, 0.05) is 17.4 Å². The average Bonchev–Trinajstić information content (AvgIpc) is 3.18. The highest BCUT2D eigenvalue weighted by Gasteiger charge is 2.27. The van der Waals surface area contributed by atoms with E-state index in [4.69, 9.17) is 9.26 Å². The molecule has 1 aliphatic rings. The zero-order chi connectivity index (χ0) is 16.4. The van der Waals surface area contributed by atoms with Gasteiger partial charge in [-0.15, -0.1) is 0 Å². The zero-order valence-corrected chi connectivity index (χ0v) is 13.2. The number of benzene rings is 1. The maximum atomic E-state index is 13.5. The van der Waals surface area contributed by atoms with Crippen molar-refractivity contribution in [3.05, 3.63) is 29.6 Å². The lowest BCUT2D eigenvalue weighted by Gasteiger charge is -2.10. The van der Waals surface area contributed by atoms with Gasteiger partial charge in [0.25, 0.3) is 0 Å². The summed E-state index contributed by atoms with van der Waals surface area (Å²) in [5, 5.41) is 16.5. The van der Waals surface area contributed by atoms with Crippen molar-refractivity contribution < 1.29 is 23.6 Å². The molecule has 2 heterocycles. The number of ether oxygens (including phenoxy) is 1. The summed E-state index contributed by atoms with van der Waals surface area (Å²) in [5.41, 5.74) is 0.331. The first-order chi connectivity index (χ1) is 11.1. The number of carboxylic acids is 1. The van der Waals surface area contributed by atoms with Gasteiger partial charge in [-0.25, -0.2) is 9.18 Å². The number of hydrogen-bond donors (Lipinski definition) is 2. The minimum absolute atomic E-state index is 0.0111. The number of nitrogens with zero attached hydrogens (tertiary/aromatic N) is 1. The molecular weight excluding hydrogens is 323 g/mol. The van der Waals surface area contributed by atoms with E-state index in [-0.39, 0.29) is 28.9 Å². The number of carbonyl (C=O) groups is 1. The van der Waals surface area contributed by atoms with Gasteiger partial charge in [-0.1, -0.05) is 5.16 Å². The summed E-state index contributed by atoms with van der Waals surface area (Å²) >= 11 is 1.80. The largest absolute Gasteiger partial charge is 0.494 e. The summed E-state index contributed by atoms with van der Waals surface area (Å²) in [6.45, 7) is 0. The molecule has 1 aromatic heterocycles. The summed E-state index contributed by atoms with van der Waals surface area (Å²) in [7, 11) is 1.34. The fourth-order valence-electron chi connectivity index (χ4n) is 2.43. The molecule has 2 N–H and O–H groups in total. The maximum Gasteiger partial charge on any atom is 0.343 e. The van der Waals surface area contributed by atoms with E-state index >= 15 is 0 Å². The standard InChI is InChI=1S/C15H15FN2O4S/c1-21-11-6-8(2-3-10(11)16)13-12(15(19)20)14(18-22-13)17-9-4-5-23-7-9/h2-3,6,9H,4-5,7H2,1H3,(H,17,18)(H,19,20). The molecule has 0 spiro atoms. The van der Waals surface area contributed by atoms with E-state index in [9.17, 15) is 14.3 Å². The van der Waals surface area contributed by atoms with Gasteiger partial charge in [-0.05, 0) is 30.4 Å². The molecule has 0 amide bonds. The number of aromatic nitrogens is 1. The second-order valence-corrected chi connectivity index (χ2v) is 6.24. The van der Waals surface area contributed by atoms with Gasteiger partial charge >= 0.3 is 5.97 Å². The van der Waals surface area contributed by atoms with Gasteiger partial charge in [0.2, 0.25) is 0 Å². The Balaban J connectivity index is 1.98. The van der Waals surface area contributed by atoms with Crippen LogP contribution in [0.2, 0.25) is 0 Å². The normalized spacial score (nSPS) is 17.2. The smallest absolute Gasteiger partial charge is 0.343 e. The fourth-order valence-corrected chi connectivity index (χ4v) is 3.58. The van der Waals surface area contributed by atoms with Gasteiger partial charge in [0.15, 0.2) is 28.7 Å². The van der Waals surface area contributed by atoms with Gasteiger partial charge < -0.3 is 19.7 Å². The Bertz CT molecular complexity index is 728. The molecule has 0 radical (unpaired) electrons. The van der Waals surface area contributed by atoms with E-state index in [0.717, 1.165) is 17.9 Å². The molecule has 3 rings (SSSR count). The van der Waals surface area contributed by atoms with Crippen molar-refractivity contribution in [2.24, 2.45) is 0 Å².